The van der Waals surface area contributed by atoms with Gasteiger partial charge in [-0.05, 0) is 41.8 Å². The SMILES string of the molecule is NC(=O)c1ccc(C[C@H](N)C(=O)OCc2cc(Cl)nc(Cl)c2)cc1. The van der Waals surface area contributed by atoms with Crippen molar-refractivity contribution >= 4 is 35.1 Å². The van der Waals surface area contributed by atoms with Gasteiger partial charge in [0.15, 0.2) is 0 Å². The van der Waals surface area contributed by atoms with Crippen LogP contribution in [0.3, 0.4) is 0 Å². The number of hydrogen-bond acceptors (Lipinski definition) is 5. The van der Waals surface area contributed by atoms with Gasteiger partial charge >= 0.3 is 5.97 Å². The van der Waals surface area contributed by atoms with Gasteiger partial charge in [0.25, 0.3) is 0 Å². The fourth-order valence-corrected chi connectivity index (χ4v) is 2.51. The van der Waals surface area contributed by atoms with Gasteiger partial charge in [-0.1, -0.05) is 35.3 Å². The minimum atomic E-state index is -0.836. The van der Waals surface area contributed by atoms with Gasteiger partial charge < -0.3 is 16.2 Å². The molecule has 4 N–H and O–H groups in total. The number of halogens is 2. The lowest BCUT2D eigenvalue weighted by Crippen LogP contribution is -2.34. The molecule has 2 aromatic rings. The highest BCUT2D eigenvalue weighted by molar-refractivity contribution is 6.32. The number of benzene rings is 1. The summed E-state index contributed by atoms with van der Waals surface area (Å²) in [6.45, 7) is -0.00485. The van der Waals surface area contributed by atoms with E-state index >= 15 is 0 Å². The highest BCUT2D eigenvalue weighted by Crippen LogP contribution is 2.15. The van der Waals surface area contributed by atoms with Crippen LogP contribution in [-0.2, 0) is 22.6 Å². The number of primary amides is 1. The number of carbonyl (C=O) groups is 2. The van der Waals surface area contributed by atoms with E-state index in [1.54, 1.807) is 36.4 Å². The van der Waals surface area contributed by atoms with Crippen molar-refractivity contribution in [3.8, 4) is 0 Å². The summed E-state index contributed by atoms with van der Waals surface area (Å²) in [5, 5.41) is 0.430. The second-order valence-electron chi connectivity index (χ2n) is 5.10. The van der Waals surface area contributed by atoms with Crippen LogP contribution in [0.15, 0.2) is 36.4 Å². The third-order valence-electron chi connectivity index (χ3n) is 3.20. The van der Waals surface area contributed by atoms with Gasteiger partial charge in [-0.2, -0.15) is 0 Å². The minimum absolute atomic E-state index is 0.00485. The molecule has 1 amide bonds. The standard InChI is InChI=1S/C16H15Cl2N3O3/c17-13-6-10(7-14(18)21-13)8-24-16(23)12(19)5-9-1-3-11(4-2-9)15(20)22/h1-4,6-7,12H,5,8,19H2,(H2,20,22)/t12-/m0/s1. The third kappa shape index (κ3) is 5.19. The van der Waals surface area contributed by atoms with Crippen molar-refractivity contribution in [2.24, 2.45) is 11.5 Å². The van der Waals surface area contributed by atoms with E-state index in [9.17, 15) is 9.59 Å². The Hall–Kier alpha value is -2.15. The summed E-state index contributed by atoms with van der Waals surface area (Å²) >= 11 is 11.6. The number of ether oxygens (including phenoxy) is 1. The number of aromatic nitrogens is 1. The molecule has 0 radical (unpaired) electrons. The highest BCUT2D eigenvalue weighted by Gasteiger charge is 2.16. The topological polar surface area (TPSA) is 108 Å². The molecule has 8 heteroatoms. The van der Waals surface area contributed by atoms with Gasteiger partial charge in [0.1, 0.15) is 23.0 Å². The molecule has 0 aliphatic heterocycles. The maximum absolute atomic E-state index is 12.0. The Morgan fingerprint density at radius 3 is 2.21 bits per heavy atom. The summed E-state index contributed by atoms with van der Waals surface area (Å²) in [7, 11) is 0. The largest absolute Gasteiger partial charge is 0.460 e. The Labute approximate surface area is 148 Å². The first-order valence-corrected chi connectivity index (χ1v) is 7.73. The maximum Gasteiger partial charge on any atom is 0.323 e. The van der Waals surface area contributed by atoms with Crippen LogP contribution in [0.4, 0.5) is 0 Å². The van der Waals surface area contributed by atoms with Crippen LogP contribution in [0.2, 0.25) is 10.3 Å². The van der Waals surface area contributed by atoms with E-state index in [-0.39, 0.29) is 23.3 Å². The first-order chi connectivity index (χ1) is 11.3. The van der Waals surface area contributed by atoms with Crippen molar-refractivity contribution < 1.29 is 14.3 Å². The lowest BCUT2D eigenvalue weighted by Gasteiger charge is -2.12. The van der Waals surface area contributed by atoms with E-state index in [4.69, 9.17) is 39.4 Å². The van der Waals surface area contributed by atoms with Crippen LogP contribution in [0.25, 0.3) is 0 Å². The molecule has 0 saturated carbocycles. The summed E-state index contributed by atoms with van der Waals surface area (Å²) in [6, 6.07) is 8.81. The van der Waals surface area contributed by atoms with E-state index in [0.29, 0.717) is 11.1 Å². The number of nitrogens with zero attached hydrogens (tertiary/aromatic N) is 1. The average Bonchev–Trinajstić information content (AvgIpc) is 2.52. The lowest BCUT2D eigenvalue weighted by molar-refractivity contribution is -0.146. The number of rotatable bonds is 6. The zero-order valence-electron chi connectivity index (χ0n) is 12.5. The Balaban J connectivity index is 1.90. The average molecular weight is 368 g/mol. The highest BCUT2D eigenvalue weighted by atomic mass is 35.5. The van der Waals surface area contributed by atoms with Crippen molar-refractivity contribution in [3.63, 3.8) is 0 Å². The van der Waals surface area contributed by atoms with Gasteiger partial charge in [-0.15, -0.1) is 0 Å². The molecule has 1 atom stereocenters. The van der Waals surface area contributed by atoms with E-state index < -0.39 is 17.9 Å². The van der Waals surface area contributed by atoms with Crippen molar-refractivity contribution in [3.05, 3.63) is 63.4 Å². The van der Waals surface area contributed by atoms with Gasteiger partial charge in [0.05, 0.1) is 0 Å². The summed E-state index contributed by atoms with van der Waals surface area (Å²) in [5.41, 5.74) is 12.8. The number of nitrogens with two attached hydrogens (primary N) is 2. The summed E-state index contributed by atoms with van der Waals surface area (Å²) in [6.07, 6.45) is 0.274. The molecule has 0 bridgehead atoms. The monoisotopic (exact) mass is 367 g/mol. The number of esters is 1. The lowest BCUT2D eigenvalue weighted by atomic mass is 10.0. The summed E-state index contributed by atoms with van der Waals surface area (Å²) < 4.78 is 5.15. The first kappa shape index (κ1) is 18.2. The second kappa shape index (κ2) is 8.10. The minimum Gasteiger partial charge on any atom is -0.460 e. The van der Waals surface area contributed by atoms with Crippen LogP contribution in [-0.4, -0.2) is 22.9 Å². The van der Waals surface area contributed by atoms with Crippen LogP contribution < -0.4 is 11.5 Å². The first-order valence-electron chi connectivity index (χ1n) is 6.98. The molecule has 0 unspecified atom stereocenters. The number of carbonyl (C=O) groups excluding carboxylic acids is 2. The molecular weight excluding hydrogens is 353 g/mol. The van der Waals surface area contributed by atoms with Crippen LogP contribution in [0.5, 0.6) is 0 Å². The molecule has 0 saturated heterocycles. The fraction of sp³-hybridized carbons (Fsp3) is 0.188. The normalized spacial score (nSPS) is 11.8. The van der Waals surface area contributed by atoms with Gasteiger partial charge in [-0.3, -0.25) is 9.59 Å². The van der Waals surface area contributed by atoms with E-state index in [2.05, 4.69) is 4.98 Å². The molecule has 126 valence electrons. The number of amides is 1. The number of hydrogen-bond donors (Lipinski definition) is 2. The van der Waals surface area contributed by atoms with Crippen LogP contribution in [0.1, 0.15) is 21.5 Å². The van der Waals surface area contributed by atoms with E-state index in [1.807, 2.05) is 0 Å². The molecule has 2 rings (SSSR count). The quantitative estimate of drug-likeness (QED) is 0.600. The Morgan fingerprint density at radius 1 is 1.08 bits per heavy atom. The molecular formula is C16H15Cl2N3O3. The molecule has 24 heavy (non-hydrogen) atoms. The Kier molecular flexibility index (Phi) is 6.14. The maximum atomic E-state index is 12.0. The predicted molar refractivity (Wildman–Crippen MR) is 90.7 cm³/mol. The van der Waals surface area contributed by atoms with Crippen molar-refractivity contribution in [2.45, 2.75) is 19.1 Å². The van der Waals surface area contributed by atoms with E-state index in [1.165, 1.54) is 0 Å². The Morgan fingerprint density at radius 2 is 1.67 bits per heavy atom. The van der Waals surface area contributed by atoms with Gasteiger partial charge in [-0.25, -0.2) is 4.98 Å². The molecule has 0 aliphatic carbocycles. The predicted octanol–water partition coefficient (Wildman–Crippen LogP) is 2.10. The zero-order chi connectivity index (χ0) is 17.7. The number of pyridine rings is 1. The van der Waals surface area contributed by atoms with Crippen molar-refractivity contribution in [1.82, 2.24) is 4.98 Å². The second-order valence-corrected chi connectivity index (χ2v) is 5.87. The fourth-order valence-electron chi connectivity index (χ4n) is 2.00. The van der Waals surface area contributed by atoms with Gasteiger partial charge in [0, 0.05) is 5.56 Å². The van der Waals surface area contributed by atoms with Crippen LogP contribution >= 0.6 is 23.2 Å². The molecule has 1 aromatic carbocycles. The molecule has 6 nitrogen and oxygen atoms in total. The molecule has 1 heterocycles. The smallest absolute Gasteiger partial charge is 0.323 e. The van der Waals surface area contributed by atoms with E-state index in [0.717, 1.165) is 5.56 Å². The van der Waals surface area contributed by atoms with Crippen molar-refractivity contribution in [1.29, 1.82) is 0 Å². The third-order valence-corrected chi connectivity index (χ3v) is 3.59. The Bertz CT molecular complexity index is 730. The molecule has 0 fully saturated rings. The molecule has 0 aliphatic rings. The van der Waals surface area contributed by atoms with Crippen LogP contribution in [0, 0.1) is 0 Å². The van der Waals surface area contributed by atoms with Gasteiger partial charge in [0.2, 0.25) is 5.91 Å². The van der Waals surface area contributed by atoms with Crippen molar-refractivity contribution in [2.75, 3.05) is 0 Å². The molecule has 0 spiro atoms. The molecule has 1 aromatic heterocycles. The zero-order valence-corrected chi connectivity index (χ0v) is 14.1. The summed E-state index contributed by atoms with van der Waals surface area (Å²) in [4.78, 5) is 26.8. The summed E-state index contributed by atoms with van der Waals surface area (Å²) in [5.74, 6) is -1.07.